The van der Waals surface area contributed by atoms with Gasteiger partial charge in [-0.05, 0) is 89.8 Å². The number of ether oxygens (including phenoxy) is 8. The Kier molecular flexibility index (Phi) is 19.6. The first kappa shape index (κ1) is 67.7. The van der Waals surface area contributed by atoms with Gasteiger partial charge in [-0.3, -0.25) is 19.2 Å². The summed E-state index contributed by atoms with van der Waals surface area (Å²) in [6, 6.07) is -2.99. The summed E-state index contributed by atoms with van der Waals surface area (Å²) in [5, 5.41) is 39.4. The molecule has 3 saturated heterocycles. The Labute approximate surface area is 524 Å². The molecule has 490 valence electrons. The Morgan fingerprint density at radius 2 is 0.571 bits per heavy atom. The van der Waals surface area contributed by atoms with Crippen LogP contribution in [0.25, 0.3) is 0 Å². The van der Waals surface area contributed by atoms with Crippen molar-refractivity contribution in [2.45, 2.75) is 180 Å². The van der Waals surface area contributed by atoms with Crippen molar-refractivity contribution in [3.8, 4) is 0 Å². The van der Waals surface area contributed by atoms with E-state index in [0.717, 1.165) is 36.5 Å². The highest BCUT2D eigenvalue weighted by atomic mass is 32.2. The van der Waals surface area contributed by atoms with E-state index in [0.29, 0.717) is 17.2 Å². The normalized spacial score (nSPS) is 24.4. The zero-order valence-corrected chi connectivity index (χ0v) is 52.5. The van der Waals surface area contributed by atoms with Gasteiger partial charge in [-0.15, -0.1) is 0 Å². The maximum atomic E-state index is 13.3. The molecule has 91 heavy (non-hydrogen) atoms. The van der Waals surface area contributed by atoms with Gasteiger partial charge in [0.25, 0.3) is 29.4 Å². The summed E-state index contributed by atoms with van der Waals surface area (Å²) < 4.78 is 100. The van der Waals surface area contributed by atoms with Crippen molar-refractivity contribution < 1.29 is 113 Å². The third kappa shape index (κ3) is 13.2. The van der Waals surface area contributed by atoms with Crippen LogP contribution in [0.2, 0.25) is 0 Å². The molecular formula is C61H67N4O24S2-3. The van der Waals surface area contributed by atoms with E-state index < -0.39 is 172 Å². The SMILES string of the molecule is CCC(C)N1C(=O)C(=C/C=C/C=C/C2=C([O-])OC3(CCC4(CC3)OC(=O)C(=C/C=C/C=C/C3=C([O-])OC5(CCC6(CC5)OC(=O)C(/C=C/C=C/C=C5C(=O)N(C(C)CC)S(=O)(=O)N(C(C)CC)C5=O)=C([O-])O6)OC3=O)C(=O)O4)OC2=O)C(=O)N(C(C)CC)S1(=O)=O. The predicted molar refractivity (Wildman–Crippen MR) is 306 cm³/mol. The zero-order valence-electron chi connectivity index (χ0n) is 50.9. The number of rotatable bonds is 17. The highest BCUT2D eigenvalue weighted by Gasteiger charge is 2.55. The van der Waals surface area contributed by atoms with Crippen LogP contribution in [0.5, 0.6) is 0 Å². The lowest BCUT2D eigenvalue weighted by molar-refractivity contribution is -0.422. The number of carbonyl (C=O) groups excluding carboxylic acids is 9. The first-order valence-corrected chi connectivity index (χ1v) is 32.2. The molecule has 0 aromatic heterocycles. The van der Waals surface area contributed by atoms with Crippen LogP contribution in [0.4, 0.5) is 0 Å². The lowest BCUT2D eigenvalue weighted by Crippen LogP contribution is -2.61. The lowest BCUT2D eigenvalue weighted by Gasteiger charge is -2.53. The minimum absolute atomic E-state index is 0.246. The molecular weight excluding hydrogens is 1240 g/mol. The molecule has 5 fully saturated rings. The molecule has 4 atom stereocenters. The molecule has 0 aromatic rings. The van der Waals surface area contributed by atoms with Crippen molar-refractivity contribution in [1.29, 1.82) is 0 Å². The third-order valence-corrected chi connectivity index (χ3v) is 20.6. The zero-order chi connectivity index (χ0) is 66.8. The summed E-state index contributed by atoms with van der Waals surface area (Å²) in [4.78, 5) is 119. The number of allylic oxidation sites excluding steroid dienone is 12. The van der Waals surface area contributed by atoms with Crippen molar-refractivity contribution in [3.63, 3.8) is 0 Å². The van der Waals surface area contributed by atoms with Crippen LogP contribution in [0.15, 0.2) is 142 Å². The number of amides is 4. The average molecular weight is 1300 g/mol. The quantitative estimate of drug-likeness (QED) is 0.0664. The van der Waals surface area contributed by atoms with Crippen molar-refractivity contribution in [1.82, 2.24) is 17.2 Å². The third-order valence-electron chi connectivity index (χ3n) is 16.5. The Morgan fingerprint density at radius 3 is 0.802 bits per heavy atom. The van der Waals surface area contributed by atoms with Crippen LogP contribution in [0.3, 0.4) is 0 Å². The first-order valence-electron chi connectivity index (χ1n) is 29.4. The van der Waals surface area contributed by atoms with Gasteiger partial charge >= 0.3 is 50.3 Å². The Hall–Kier alpha value is -9.19. The molecule has 4 unspecified atom stereocenters. The van der Waals surface area contributed by atoms with Crippen molar-refractivity contribution in [2.75, 3.05) is 0 Å². The van der Waals surface area contributed by atoms with Crippen LogP contribution < -0.4 is 15.3 Å². The van der Waals surface area contributed by atoms with Crippen molar-refractivity contribution in [3.05, 3.63) is 142 Å². The molecule has 2 saturated carbocycles. The summed E-state index contributed by atoms with van der Waals surface area (Å²) in [7, 11) is -8.90. The van der Waals surface area contributed by atoms with E-state index in [1.54, 1.807) is 55.4 Å². The van der Waals surface area contributed by atoms with Crippen molar-refractivity contribution >= 4 is 73.9 Å². The summed E-state index contributed by atoms with van der Waals surface area (Å²) in [5.74, 6) is -19.8. The van der Waals surface area contributed by atoms with Crippen molar-refractivity contribution in [2.24, 2.45) is 0 Å². The molecule has 0 bridgehead atoms. The molecule has 8 rings (SSSR count). The maximum Gasteiger partial charge on any atom is 0.348 e. The van der Waals surface area contributed by atoms with E-state index in [1.165, 1.54) is 54.7 Å². The summed E-state index contributed by atoms with van der Waals surface area (Å²) >= 11 is 0. The smallest absolute Gasteiger partial charge is 0.348 e. The van der Waals surface area contributed by atoms with Crippen LogP contribution in [0, 0.1) is 0 Å². The molecule has 6 heterocycles. The predicted octanol–water partition coefficient (Wildman–Crippen LogP) is 2.60. The summed E-state index contributed by atoms with van der Waals surface area (Å²) in [6.07, 6.45) is 16.9. The molecule has 4 spiro atoms. The topological polar surface area (TPSA) is 378 Å². The van der Waals surface area contributed by atoms with Gasteiger partial charge in [0.2, 0.25) is 0 Å². The molecule has 28 nitrogen and oxygen atoms in total. The minimum atomic E-state index is -4.45. The van der Waals surface area contributed by atoms with Crippen LogP contribution in [-0.2, 0) is 101 Å². The van der Waals surface area contributed by atoms with E-state index in [-0.39, 0.29) is 77.0 Å². The van der Waals surface area contributed by atoms with Gasteiger partial charge in [-0.25, -0.2) is 41.2 Å². The molecule has 8 aliphatic rings. The number of hydrogen-bond acceptors (Lipinski definition) is 24. The largest absolute Gasteiger partial charge is 0.574 e. The van der Waals surface area contributed by atoms with Gasteiger partial charge in [0.1, 0.15) is 16.7 Å². The van der Waals surface area contributed by atoms with Gasteiger partial charge in [0, 0.05) is 75.5 Å². The fraction of sp³-hybridized carbons (Fsp3) is 0.459. The molecule has 4 amide bonds. The molecule has 30 heteroatoms. The number of nitrogens with zero attached hydrogens (tertiary/aromatic N) is 4. The van der Waals surface area contributed by atoms with Gasteiger partial charge in [-0.1, -0.05) is 82.4 Å². The van der Waals surface area contributed by atoms with Gasteiger partial charge < -0.3 is 53.2 Å². The molecule has 6 aliphatic heterocycles. The van der Waals surface area contributed by atoms with E-state index in [2.05, 4.69) is 0 Å². The Morgan fingerprint density at radius 1 is 0.352 bits per heavy atom. The number of hydrogen-bond donors (Lipinski definition) is 0. The van der Waals surface area contributed by atoms with Crippen LogP contribution >= 0.6 is 0 Å². The number of carbonyl (C=O) groups is 9. The maximum absolute atomic E-state index is 13.3. The van der Waals surface area contributed by atoms with E-state index in [1.807, 2.05) is 0 Å². The molecule has 0 N–H and O–H groups in total. The first-order chi connectivity index (χ1) is 42.9. The van der Waals surface area contributed by atoms with E-state index >= 15 is 0 Å². The second-order valence-corrected chi connectivity index (χ2v) is 25.8. The van der Waals surface area contributed by atoms with E-state index in [4.69, 9.17) is 37.9 Å². The highest BCUT2D eigenvalue weighted by Crippen LogP contribution is 2.48. The van der Waals surface area contributed by atoms with Gasteiger partial charge in [-0.2, -0.15) is 16.8 Å². The fourth-order valence-corrected chi connectivity index (χ4v) is 14.6. The lowest BCUT2D eigenvalue weighted by atomic mass is 9.87. The molecule has 2 aliphatic carbocycles. The number of esters is 5. The van der Waals surface area contributed by atoms with Crippen LogP contribution in [-0.4, -0.2) is 135 Å². The fourth-order valence-electron chi connectivity index (χ4n) is 10.6. The van der Waals surface area contributed by atoms with Gasteiger partial charge in [0.15, 0.2) is 17.4 Å². The summed E-state index contributed by atoms with van der Waals surface area (Å²) in [5.41, 5.74) is -2.91. The molecule has 0 radical (unpaired) electrons. The molecule has 0 aromatic carbocycles. The van der Waals surface area contributed by atoms with Gasteiger partial charge in [0.05, 0.1) is 34.6 Å². The van der Waals surface area contributed by atoms with E-state index in [9.17, 15) is 75.3 Å². The van der Waals surface area contributed by atoms with Crippen LogP contribution in [0.1, 0.15) is 132 Å². The second-order valence-electron chi connectivity index (χ2n) is 22.4. The average Bonchev–Trinajstić information content (AvgIpc) is 0.791. The Balaban J connectivity index is 0.815. The summed E-state index contributed by atoms with van der Waals surface area (Å²) in [6.45, 7) is 13.0. The standard InChI is InChI=1S/C61H70N4O24S2/c1-9-36(5)62-46(66)40(47(67)63(37(6)10-2)90(62,78)79)22-16-13-18-24-42-50(70)82-58(83-51(42)71)28-32-60(33-29-58)86-54(74)44(55(75)87-60)26-20-15-21-27-45-56(76)88-61(89-57(45)77)34-30-59(31-35-61)84-52(72)43(53(73)85-59)25-19-14-17-23-41-48(68)64(38(7)11-3)91(80,81)65(49(41)69)39(8)12-4/h13-27,36-39,70,72,74H,9-12,28-35H2,1-8H3/p-3/b16-13+,17-14+,21-15+,24-18+,25-19+,26-20+,40-22?,41-23?,45-27?. The Bertz CT molecular complexity index is 3610. The highest BCUT2D eigenvalue weighted by molar-refractivity contribution is 7.88. The monoisotopic (exact) mass is 1300 g/mol. The minimum Gasteiger partial charge on any atom is -0.574 e. The second kappa shape index (κ2) is 26.3.